The summed E-state index contributed by atoms with van der Waals surface area (Å²) in [5, 5.41) is 0. The van der Waals surface area contributed by atoms with Gasteiger partial charge in [-0.05, 0) is 69.2 Å². The van der Waals surface area contributed by atoms with Crippen molar-refractivity contribution in [1.29, 1.82) is 0 Å². The van der Waals surface area contributed by atoms with Crippen LogP contribution in [0.2, 0.25) is 0 Å². The summed E-state index contributed by atoms with van der Waals surface area (Å²) in [6.45, 7) is 6.71. The lowest BCUT2D eigenvalue weighted by atomic mass is 9.98. The van der Waals surface area contributed by atoms with E-state index in [1.807, 2.05) is 45.0 Å². The second-order valence-electron chi connectivity index (χ2n) is 9.94. The lowest BCUT2D eigenvalue weighted by Crippen LogP contribution is -2.35. The number of pyridine rings is 1. The van der Waals surface area contributed by atoms with Gasteiger partial charge in [0.15, 0.2) is 11.6 Å². The number of nitrogens with two attached hydrogens (primary N) is 1. The maximum Gasteiger partial charge on any atom is 0.410 e. The van der Waals surface area contributed by atoms with E-state index >= 15 is 4.39 Å². The number of aromatic nitrogens is 3. The number of amides is 1. The number of benzene rings is 2. The van der Waals surface area contributed by atoms with Crippen molar-refractivity contribution in [3.05, 3.63) is 71.9 Å². The van der Waals surface area contributed by atoms with Gasteiger partial charge in [0.2, 0.25) is 0 Å². The van der Waals surface area contributed by atoms with Crippen LogP contribution in [0.25, 0.3) is 28.1 Å². The zero-order valence-corrected chi connectivity index (χ0v) is 20.3. The quantitative estimate of drug-likeness (QED) is 0.399. The molecule has 0 saturated carbocycles. The number of anilines is 1. The Balaban J connectivity index is 1.50. The number of nitrogens with zero attached hydrogens (tertiary/aromatic N) is 4. The van der Waals surface area contributed by atoms with Crippen LogP contribution in [0.4, 0.5) is 19.4 Å². The Morgan fingerprint density at radius 1 is 1.11 bits per heavy atom. The molecule has 1 aliphatic heterocycles. The normalized spacial score (nSPS) is 16.0. The highest BCUT2D eigenvalue weighted by Crippen LogP contribution is 2.34. The summed E-state index contributed by atoms with van der Waals surface area (Å²) in [6, 6.07) is 13.5. The maximum absolute atomic E-state index is 15.0. The molecular formula is C27H27F2N5O2. The van der Waals surface area contributed by atoms with Crippen LogP contribution in [0.15, 0.2) is 54.7 Å². The van der Waals surface area contributed by atoms with E-state index in [9.17, 15) is 9.18 Å². The fourth-order valence-electron chi connectivity index (χ4n) is 4.56. The first kappa shape index (κ1) is 23.7. The molecule has 3 heterocycles. The highest BCUT2D eigenvalue weighted by atomic mass is 19.2. The number of carbonyl (C=O) groups excluding carboxylic acids is 1. The highest BCUT2D eigenvalue weighted by Gasteiger charge is 2.30. The fraction of sp³-hybridized carbons (Fsp3) is 0.296. The summed E-state index contributed by atoms with van der Waals surface area (Å²) in [4.78, 5) is 22.8. The number of carbonyl (C=O) groups is 1. The van der Waals surface area contributed by atoms with E-state index in [-0.39, 0.29) is 23.3 Å². The van der Waals surface area contributed by atoms with Crippen molar-refractivity contribution >= 4 is 22.9 Å². The molecule has 2 N–H and O–H groups in total. The van der Waals surface area contributed by atoms with Gasteiger partial charge < -0.3 is 15.4 Å². The van der Waals surface area contributed by atoms with Crippen molar-refractivity contribution in [2.24, 2.45) is 0 Å². The molecular weight excluding hydrogens is 464 g/mol. The standard InChI is InChI=1S/C27H27F2N5O2/c1-27(2,3)36-26(35)33-14-12-17(15-33)16-6-8-18(9-7-16)34-23-21(11-10-20(28)22(23)29)32-25(34)19-5-4-13-31-24(19)30/h4-11,13,17H,12,14-15H2,1-3H3,(H2,30,31). The lowest BCUT2D eigenvalue weighted by Gasteiger charge is -2.24. The maximum atomic E-state index is 15.0. The van der Waals surface area contributed by atoms with E-state index in [2.05, 4.69) is 9.97 Å². The third-order valence-corrected chi connectivity index (χ3v) is 6.25. The highest BCUT2D eigenvalue weighted by molar-refractivity contribution is 5.85. The van der Waals surface area contributed by atoms with Gasteiger partial charge in [-0.25, -0.2) is 23.5 Å². The van der Waals surface area contributed by atoms with Crippen LogP contribution >= 0.6 is 0 Å². The van der Waals surface area contributed by atoms with Gasteiger partial charge in [-0.1, -0.05) is 12.1 Å². The summed E-state index contributed by atoms with van der Waals surface area (Å²) in [5.74, 6) is -1.20. The van der Waals surface area contributed by atoms with Gasteiger partial charge in [-0.2, -0.15) is 0 Å². The Bertz CT molecular complexity index is 1440. The van der Waals surface area contributed by atoms with Crippen LogP contribution in [0.3, 0.4) is 0 Å². The SMILES string of the molecule is CC(C)(C)OC(=O)N1CCC(c2ccc(-n3c(-c4cccnc4N)nc4ccc(F)c(F)c43)cc2)C1. The van der Waals surface area contributed by atoms with Gasteiger partial charge in [0.25, 0.3) is 0 Å². The van der Waals surface area contributed by atoms with Crippen molar-refractivity contribution in [3.63, 3.8) is 0 Å². The van der Waals surface area contributed by atoms with E-state index in [1.54, 1.807) is 27.8 Å². The minimum absolute atomic E-state index is 0.0259. The van der Waals surface area contributed by atoms with Gasteiger partial charge in [-0.15, -0.1) is 0 Å². The average molecular weight is 492 g/mol. The summed E-state index contributed by atoms with van der Waals surface area (Å²) >= 11 is 0. The van der Waals surface area contributed by atoms with Gasteiger partial charge >= 0.3 is 6.09 Å². The molecule has 1 saturated heterocycles. The number of hydrogen-bond acceptors (Lipinski definition) is 5. The first-order valence-electron chi connectivity index (χ1n) is 11.8. The lowest BCUT2D eigenvalue weighted by molar-refractivity contribution is 0.0292. The molecule has 1 amide bonds. The number of likely N-dealkylation sites (tertiary alicyclic amines) is 1. The predicted octanol–water partition coefficient (Wildman–Crippen LogP) is 5.67. The van der Waals surface area contributed by atoms with E-state index in [4.69, 9.17) is 10.5 Å². The van der Waals surface area contributed by atoms with Crippen molar-refractivity contribution in [2.75, 3.05) is 18.8 Å². The number of nitrogen functional groups attached to an aromatic ring is 1. The molecule has 1 aliphatic rings. The van der Waals surface area contributed by atoms with Gasteiger partial charge in [0.05, 0.1) is 11.1 Å². The largest absolute Gasteiger partial charge is 0.444 e. The number of fused-ring (bicyclic) bond motifs is 1. The molecule has 2 aromatic heterocycles. The molecule has 1 fully saturated rings. The first-order chi connectivity index (χ1) is 17.1. The number of halogens is 2. The van der Waals surface area contributed by atoms with Crippen LogP contribution in [0.5, 0.6) is 0 Å². The average Bonchev–Trinajstić information content (AvgIpc) is 3.47. The van der Waals surface area contributed by atoms with Gasteiger partial charge in [-0.3, -0.25) is 4.57 Å². The Morgan fingerprint density at radius 3 is 2.56 bits per heavy atom. The molecule has 1 atom stereocenters. The zero-order chi connectivity index (χ0) is 25.6. The summed E-state index contributed by atoms with van der Waals surface area (Å²) < 4.78 is 36.3. The van der Waals surface area contributed by atoms with Crippen LogP contribution < -0.4 is 5.73 Å². The van der Waals surface area contributed by atoms with E-state index in [1.165, 1.54) is 6.07 Å². The number of ether oxygens (including phenoxy) is 1. The Morgan fingerprint density at radius 2 is 1.86 bits per heavy atom. The Kier molecular flexibility index (Phi) is 5.86. The van der Waals surface area contributed by atoms with Crippen molar-refractivity contribution in [1.82, 2.24) is 19.4 Å². The van der Waals surface area contributed by atoms with Crippen LogP contribution in [-0.2, 0) is 4.74 Å². The van der Waals surface area contributed by atoms with E-state index in [0.717, 1.165) is 18.1 Å². The molecule has 4 aromatic rings. The van der Waals surface area contributed by atoms with E-state index < -0.39 is 17.2 Å². The Hall–Kier alpha value is -4.01. The number of imidazole rings is 1. The third kappa shape index (κ3) is 4.36. The molecule has 9 heteroatoms. The van der Waals surface area contributed by atoms with Crippen LogP contribution in [-0.4, -0.2) is 44.2 Å². The second-order valence-corrected chi connectivity index (χ2v) is 9.94. The molecule has 1 unspecified atom stereocenters. The Labute approximate surface area is 207 Å². The summed E-state index contributed by atoms with van der Waals surface area (Å²) in [7, 11) is 0. The second kappa shape index (κ2) is 8.89. The minimum Gasteiger partial charge on any atom is -0.444 e. The van der Waals surface area contributed by atoms with Crippen molar-refractivity contribution in [2.45, 2.75) is 38.7 Å². The molecule has 186 valence electrons. The topological polar surface area (TPSA) is 86.3 Å². The first-order valence-corrected chi connectivity index (χ1v) is 11.8. The smallest absolute Gasteiger partial charge is 0.410 e. The number of hydrogen-bond donors (Lipinski definition) is 1. The fourth-order valence-corrected chi connectivity index (χ4v) is 4.56. The minimum atomic E-state index is -0.985. The predicted molar refractivity (Wildman–Crippen MR) is 134 cm³/mol. The zero-order valence-electron chi connectivity index (χ0n) is 20.3. The molecule has 0 spiro atoms. The molecule has 0 aliphatic carbocycles. The molecule has 0 bridgehead atoms. The summed E-state index contributed by atoms with van der Waals surface area (Å²) in [5.41, 5.74) is 8.04. The monoisotopic (exact) mass is 491 g/mol. The van der Waals surface area contributed by atoms with Gasteiger partial charge in [0.1, 0.15) is 22.8 Å². The van der Waals surface area contributed by atoms with Crippen molar-refractivity contribution in [3.8, 4) is 17.1 Å². The molecule has 5 rings (SSSR count). The van der Waals surface area contributed by atoms with Gasteiger partial charge in [0, 0.05) is 30.9 Å². The molecule has 7 nitrogen and oxygen atoms in total. The van der Waals surface area contributed by atoms with Crippen LogP contribution in [0, 0.1) is 11.6 Å². The molecule has 2 aromatic carbocycles. The third-order valence-electron chi connectivity index (χ3n) is 6.25. The van der Waals surface area contributed by atoms with Crippen molar-refractivity contribution < 1.29 is 18.3 Å². The van der Waals surface area contributed by atoms with Crippen LogP contribution in [0.1, 0.15) is 38.7 Å². The summed E-state index contributed by atoms with van der Waals surface area (Å²) in [6.07, 6.45) is 2.05. The number of rotatable bonds is 3. The molecule has 36 heavy (non-hydrogen) atoms. The molecule has 0 radical (unpaired) electrons. The van der Waals surface area contributed by atoms with E-state index in [0.29, 0.717) is 35.7 Å².